The van der Waals surface area contributed by atoms with Gasteiger partial charge in [0.25, 0.3) is 5.69 Å². The van der Waals surface area contributed by atoms with Crippen molar-refractivity contribution < 1.29 is 55.3 Å². The molecule has 12 nitrogen and oxygen atoms in total. The van der Waals surface area contributed by atoms with Crippen LogP contribution in [0.3, 0.4) is 0 Å². The molecule has 38 heavy (non-hydrogen) atoms. The van der Waals surface area contributed by atoms with Crippen molar-refractivity contribution in [2.75, 3.05) is 13.2 Å². The lowest BCUT2D eigenvalue weighted by Crippen LogP contribution is -2.42. The molecule has 0 amide bonds. The smallest absolute Gasteiger partial charge is 0.405 e. The Bertz CT molecular complexity index is 1400. The number of ether oxygens (including phenoxy) is 3. The molecule has 2 rings (SSSR count). The van der Waals surface area contributed by atoms with Crippen LogP contribution in [0, 0.1) is 20.8 Å². The SMILES string of the molecule is CC(OC(=O)c1c(C(=O)OCCOC(=O)c2cc(I)cc(I)c2I)cccc1[N+](=O)[O-])C(F)(F)S(=O)(=O)O. The molecule has 206 valence electrons. The first-order valence-corrected chi connectivity index (χ1v) is 14.5. The van der Waals surface area contributed by atoms with E-state index in [0.717, 1.165) is 25.3 Å². The molecule has 0 saturated heterocycles. The Morgan fingerprint density at radius 1 is 1.05 bits per heavy atom. The van der Waals surface area contributed by atoms with Gasteiger partial charge in [-0.05, 0) is 92.9 Å². The molecule has 0 saturated carbocycles. The van der Waals surface area contributed by atoms with Crippen molar-refractivity contribution in [3.8, 4) is 0 Å². The lowest BCUT2D eigenvalue weighted by molar-refractivity contribution is -0.385. The number of nitro benzene ring substituents is 1. The molecule has 0 heterocycles. The zero-order valence-corrected chi connectivity index (χ0v) is 25.9. The van der Waals surface area contributed by atoms with Crippen LogP contribution < -0.4 is 0 Å². The van der Waals surface area contributed by atoms with E-state index < -0.39 is 74.3 Å². The van der Waals surface area contributed by atoms with Crippen molar-refractivity contribution >= 4 is 101 Å². The number of esters is 3. The highest BCUT2D eigenvalue weighted by atomic mass is 127. The summed E-state index contributed by atoms with van der Waals surface area (Å²) in [6, 6.07) is 6.10. The van der Waals surface area contributed by atoms with Gasteiger partial charge in [0.05, 0.1) is 16.1 Å². The maximum absolute atomic E-state index is 13.8. The van der Waals surface area contributed by atoms with Crippen LogP contribution in [-0.4, -0.2) is 60.4 Å². The van der Waals surface area contributed by atoms with Gasteiger partial charge in [-0.1, -0.05) is 6.07 Å². The first kappa shape index (κ1) is 32.4. The standard InChI is InChI=1S/C20H14F2I3NO11S/c1-9(20(21,22)38(32,33)34)37-19(29)15-11(3-2-4-14(15)26(30)31)17(27)35-5-6-36-18(28)12-7-10(23)8-13(24)16(12)25/h2-4,7-9H,5-6H2,1H3,(H,32,33,34). The van der Waals surface area contributed by atoms with Crippen LogP contribution in [-0.2, 0) is 24.3 Å². The molecule has 0 aromatic heterocycles. The zero-order valence-electron chi connectivity index (χ0n) is 18.7. The van der Waals surface area contributed by atoms with E-state index in [0.29, 0.717) is 10.5 Å². The van der Waals surface area contributed by atoms with Gasteiger partial charge in [0.15, 0.2) is 11.7 Å². The number of nitrogens with zero attached hydrogens (tertiary/aromatic N) is 1. The maximum Gasteiger partial charge on any atom is 0.405 e. The number of hydrogen-bond donors (Lipinski definition) is 1. The monoisotopic (exact) mass is 895 g/mol. The molecule has 0 aliphatic rings. The van der Waals surface area contributed by atoms with Crippen LogP contribution in [0.2, 0.25) is 0 Å². The molecular formula is C20H14F2I3NO11S. The highest BCUT2D eigenvalue weighted by molar-refractivity contribution is 14.1. The second-order valence-electron chi connectivity index (χ2n) is 7.06. The van der Waals surface area contributed by atoms with E-state index >= 15 is 0 Å². The summed E-state index contributed by atoms with van der Waals surface area (Å²) in [4.78, 5) is 47.7. The molecule has 0 fully saturated rings. The quantitative estimate of drug-likeness (QED) is 0.0522. The van der Waals surface area contributed by atoms with Crippen LogP contribution in [0.1, 0.15) is 38.0 Å². The van der Waals surface area contributed by atoms with Crippen molar-refractivity contribution in [2.45, 2.75) is 18.3 Å². The fourth-order valence-corrected chi connectivity index (χ4v) is 5.55. The van der Waals surface area contributed by atoms with Gasteiger partial charge in [0, 0.05) is 16.8 Å². The second-order valence-corrected chi connectivity index (χ2v) is 12.0. The van der Waals surface area contributed by atoms with E-state index in [1.165, 1.54) is 0 Å². The zero-order chi connectivity index (χ0) is 29.0. The molecule has 0 spiro atoms. The number of rotatable bonds is 10. The van der Waals surface area contributed by atoms with Crippen LogP contribution >= 0.6 is 67.8 Å². The highest BCUT2D eigenvalue weighted by Gasteiger charge is 2.52. The fourth-order valence-electron chi connectivity index (χ4n) is 2.70. The molecule has 1 unspecified atom stereocenters. The summed E-state index contributed by atoms with van der Waals surface area (Å²) in [7, 11) is -6.01. The Kier molecular flexibility index (Phi) is 11.1. The molecule has 0 aliphatic heterocycles. The number of halogens is 5. The van der Waals surface area contributed by atoms with Crippen LogP contribution in [0.5, 0.6) is 0 Å². The molecule has 1 N–H and O–H groups in total. The molecule has 2 aromatic rings. The first-order chi connectivity index (χ1) is 17.5. The number of benzene rings is 2. The predicted octanol–water partition coefficient (Wildman–Crippen LogP) is 4.45. The number of nitro groups is 1. The summed E-state index contributed by atoms with van der Waals surface area (Å²) in [5.74, 6) is -3.89. The van der Waals surface area contributed by atoms with E-state index in [1.54, 1.807) is 6.07 Å². The van der Waals surface area contributed by atoms with Crippen LogP contribution in [0.25, 0.3) is 0 Å². The molecular weight excluding hydrogens is 881 g/mol. The summed E-state index contributed by atoms with van der Waals surface area (Å²) >= 11 is 6.02. The third-order valence-corrected chi connectivity index (χ3v) is 9.21. The van der Waals surface area contributed by atoms with Crippen molar-refractivity contribution in [2.24, 2.45) is 0 Å². The molecule has 18 heteroatoms. The first-order valence-electron chi connectivity index (χ1n) is 9.81. The van der Waals surface area contributed by atoms with Gasteiger partial charge in [-0.3, -0.25) is 14.7 Å². The normalized spacial score (nSPS) is 12.4. The minimum Gasteiger partial charge on any atom is -0.458 e. The van der Waals surface area contributed by atoms with Gasteiger partial charge < -0.3 is 14.2 Å². The van der Waals surface area contributed by atoms with Crippen molar-refractivity contribution in [3.63, 3.8) is 0 Å². The average molecular weight is 895 g/mol. The third kappa shape index (κ3) is 7.65. The topological polar surface area (TPSA) is 176 Å². The van der Waals surface area contributed by atoms with Crippen LogP contribution in [0.15, 0.2) is 30.3 Å². The number of carbonyl (C=O) groups excluding carboxylic acids is 3. The third-order valence-electron chi connectivity index (χ3n) is 4.53. The van der Waals surface area contributed by atoms with Gasteiger partial charge in [-0.2, -0.15) is 17.2 Å². The van der Waals surface area contributed by atoms with Gasteiger partial charge >= 0.3 is 33.3 Å². The van der Waals surface area contributed by atoms with E-state index in [2.05, 4.69) is 4.74 Å². The summed E-state index contributed by atoms with van der Waals surface area (Å²) in [5, 5.41) is 6.44. The Hall–Kier alpha value is -1.79. The molecule has 2 aromatic carbocycles. The van der Waals surface area contributed by atoms with Crippen molar-refractivity contribution in [1.82, 2.24) is 0 Å². The Morgan fingerprint density at radius 3 is 2.13 bits per heavy atom. The van der Waals surface area contributed by atoms with Crippen LogP contribution in [0.4, 0.5) is 14.5 Å². The lowest BCUT2D eigenvalue weighted by Gasteiger charge is -2.21. The number of carbonyl (C=O) groups is 3. The lowest BCUT2D eigenvalue weighted by atomic mass is 10.1. The summed E-state index contributed by atoms with van der Waals surface area (Å²) in [5.41, 5.74) is -2.62. The van der Waals surface area contributed by atoms with E-state index in [1.807, 2.05) is 73.8 Å². The molecule has 0 radical (unpaired) electrons. The Morgan fingerprint density at radius 2 is 1.61 bits per heavy atom. The minimum absolute atomic E-state index is 0.271. The second kappa shape index (κ2) is 13.0. The largest absolute Gasteiger partial charge is 0.458 e. The molecule has 0 bridgehead atoms. The number of hydrogen-bond acceptors (Lipinski definition) is 10. The van der Waals surface area contributed by atoms with Crippen molar-refractivity contribution in [1.29, 1.82) is 0 Å². The van der Waals surface area contributed by atoms with Gasteiger partial charge in [0.1, 0.15) is 13.2 Å². The number of alkyl halides is 2. The maximum atomic E-state index is 13.8. The van der Waals surface area contributed by atoms with Gasteiger partial charge in [-0.15, -0.1) is 0 Å². The van der Waals surface area contributed by atoms with E-state index in [-0.39, 0.29) is 5.56 Å². The summed E-state index contributed by atoms with van der Waals surface area (Å²) < 4.78 is 74.6. The van der Waals surface area contributed by atoms with E-state index in [9.17, 15) is 41.7 Å². The Labute approximate surface area is 254 Å². The predicted molar refractivity (Wildman–Crippen MR) is 150 cm³/mol. The van der Waals surface area contributed by atoms with Crippen molar-refractivity contribution in [3.05, 3.63) is 67.8 Å². The van der Waals surface area contributed by atoms with Gasteiger partial charge in [-0.25, -0.2) is 14.4 Å². The molecule has 1 atom stereocenters. The average Bonchev–Trinajstić information content (AvgIpc) is 2.82. The molecule has 0 aliphatic carbocycles. The minimum atomic E-state index is -6.01. The summed E-state index contributed by atoms with van der Waals surface area (Å²) in [6.07, 6.45) is -2.79. The summed E-state index contributed by atoms with van der Waals surface area (Å²) in [6.45, 7) is -0.561. The van der Waals surface area contributed by atoms with E-state index in [4.69, 9.17) is 14.0 Å². The fraction of sp³-hybridized carbons (Fsp3) is 0.250. The van der Waals surface area contributed by atoms with Gasteiger partial charge in [0.2, 0.25) is 0 Å². The highest BCUT2D eigenvalue weighted by Crippen LogP contribution is 2.30. The Balaban J connectivity index is 2.19.